The van der Waals surface area contributed by atoms with Crippen molar-refractivity contribution in [2.45, 2.75) is 19.4 Å². The van der Waals surface area contributed by atoms with E-state index in [0.717, 1.165) is 6.92 Å². The number of nitrogens with zero attached hydrogens (tertiary/aromatic N) is 1. The number of hydrogen-bond donors (Lipinski definition) is 1. The van der Waals surface area contributed by atoms with Gasteiger partial charge in [-0.15, -0.1) is 5.06 Å². The van der Waals surface area contributed by atoms with Crippen molar-refractivity contribution in [2.75, 3.05) is 7.05 Å². The summed E-state index contributed by atoms with van der Waals surface area (Å²) in [4.78, 5) is 37.2. The van der Waals surface area contributed by atoms with Gasteiger partial charge >= 0.3 is 5.97 Å². The van der Waals surface area contributed by atoms with Gasteiger partial charge < -0.3 is 10.2 Å². The Balaban J connectivity index is 2.70. The van der Waals surface area contributed by atoms with Crippen molar-refractivity contribution in [1.29, 1.82) is 0 Å². The third kappa shape index (κ3) is 1.83. The van der Waals surface area contributed by atoms with Crippen molar-refractivity contribution in [3.8, 4) is 0 Å². The molecule has 0 aromatic rings. The molecule has 6 nitrogen and oxygen atoms in total. The molecule has 0 spiro atoms. The fourth-order valence-electron chi connectivity index (χ4n) is 1.06. The Morgan fingerprint density at radius 3 is 2.62 bits per heavy atom. The summed E-state index contributed by atoms with van der Waals surface area (Å²) in [5.41, 5.74) is 0. The molecule has 1 rings (SSSR count). The Hall–Kier alpha value is -1.43. The molecule has 13 heavy (non-hydrogen) atoms. The topological polar surface area (TPSA) is 75.7 Å². The molecule has 1 N–H and O–H groups in total. The zero-order valence-electron chi connectivity index (χ0n) is 7.36. The number of nitrogens with one attached hydrogen (secondary N) is 1. The Bertz CT molecular complexity index is 263. The highest BCUT2D eigenvalue weighted by Crippen LogP contribution is 2.12. The minimum absolute atomic E-state index is 0.0304. The Kier molecular flexibility index (Phi) is 2.62. The summed E-state index contributed by atoms with van der Waals surface area (Å²) in [5.74, 6) is -1.71. The lowest BCUT2D eigenvalue weighted by Gasteiger charge is -2.11. The molecule has 1 aliphatic rings. The van der Waals surface area contributed by atoms with Crippen LogP contribution >= 0.6 is 0 Å². The molecule has 0 aromatic heterocycles. The molecular formula is C7H10N2O4. The van der Waals surface area contributed by atoms with Gasteiger partial charge in [-0.3, -0.25) is 9.59 Å². The van der Waals surface area contributed by atoms with Crippen LogP contribution in [0.3, 0.4) is 0 Å². The van der Waals surface area contributed by atoms with Gasteiger partial charge in [0, 0.05) is 6.92 Å². The molecular weight excluding hydrogens is 176 g/mol. The van der Waals surface area contributed by atoms with E-state index in [-0.39, 0.29) is 6.42 Å². The molecule has 1 atom stereocenters. The maximum absolute atomic E-state index is 11.2. The van der Waals surface area contributed by atoms with Crippen LogP contribution in [0.4, 0.5) is 0 Å². The first-order chi connectivity index (χ1) is 6.06. The predicted octanol–water partition coefficient (Wildman–Crippen LogP) is -1.19. The highest BCUT2D eigenvalue weighted by atomic mass is 16.7. The first kappa shape index (κ1) is 9.66. The van der Waals surface area contributed by atoms with Crippen LogP contribution in [-0.2, 0) is 19.2 Å². The lowest BCUT2D eigenvalue weighted by atomic mass is 10.2. The number of hydroxylamine groups is 2. The molecule has 72 valence electrons. The van der Waals surface area contributed by atoms with E-state index in [0.29, 0.717) is 5.06 Å². The number of rotatable bonds is 2. The Morgan fingerprint density at radius 2 is 2.23 bits per heavy atom. The van der Waals surface area contributed by atoms with Gasteiger partial charge in [0.1, 0.15) is 0 Å². The zero-order chi connectivity index (χ0) is 10.0. The normalized spacial score (nSPS) is 22.3. The van der Waals surface area contributed by atoms with Crippen LogP contribution in [0.2, 0.25) is 0 Å². The van der Waals surface area contributed by atoms with Crippen LogP contribution in [-0.4, -0.2) is 35.9 Å². The standard InChI is InChI=1S/C7H10N2O4/c1-4(10)13-9-6(11)3-5(8-2)7(9)12/h5,8H,3H2,1-2H3. The Morgan fingerprint density at radius 1 is 1.62 bits per heavy atom. The smallest absolute Gasteiger partial charge is 0.330 e. The number of carbonyl (C=O) groups is 3. The van der Waals surface area contributed by atoms with Gasteiger partial charge in [0.2, 0.25) is 0 Å². The van der Waals surface area contributed by atoms with E-state index < -0.39 is 23.8 Å². The minimum atomic E-state index is -0.682. The molecule has 1 heterocycles. The molecule has 1 fully saturated rings. The fraction of sp³-hybridized carbons (Fsp3) is 0.571. The van der Waals surface area contributed by atoms with E-state index in [1.54, 1.807) is 7.05 Å². The summed E-state index contributed by atoms with van der Waals surface area (Å²) in [6.45, 7) is 1.13. The first-order valence-corrected chi connectivity index (χ1v) is 3.79. The number of likely N-dealkylation sites (N-methyl/N-ethyl adjacent to an activating group) is 1. The number of amides is 2. The van der Waals surface area contributed by atoms with Crippen LogP contribution in [0.5, 0.6) is 0 Å². The molecule has 2 amide bonds. The summed E-state index contributed by atoms with van der Waals surface area (Å²) in [6, 6.07) is -0.577. The van der Waals surface area contributed by atoms with Gasteiger partial charge in [0.15, 0.2) is 0 Å². The molecule has 6 heteroatoms. The number of hydrogen-bond acceptors (Lipinski definition) is 5. The quantitative estimate of drug-likeness (QED) is 0.549. The van der Waals surface area contributed by atoms with Crippen molar-refractivity contribution in [1.82, 2.24) is 10.4 Å². The van der Waals surface area contributed by atoms with Gasteiger partial charge in [-0.25, -0.2) is 4.79 Å². The second kappa shape index (κ2) is 3.53. The zero-order valence-corrected chi connectivity index (χ0v) is 7.36. The van der Waals surface area contributed by atoms with Gasteiger partial charge in [-0.05, 0) is 7.05 Å². The number of imide groups is 1. The van der Waals surface area contributed by atoms with Crippen LogP contribution in [0.1, 0.15) is 13.3 Å². The van der Waals surface area contributed by atoms with Crippen LogP contribution in [0.25, 0.3) is 0 Å². The molecule has 1 unspecified atom stereocenters. The van der Waals surface area contributed by atoms with Gasteiger partial charge in [0.05, 0.1) is 12.5 Å². The summed E-state index contributed by atoms with van der Waals surface area (Å²) in [5, 5.41) is 3.15. The van der Waals surface area contributed by atoms with Crippen molar-refractivity contribution in [2.24, 2.45) is 0 Å². The van der Waals surface area contributed by atoms with E-state index >= 15 is 0 Å². The van der Waals surface area contributed by atoms with E-state index in [4.69, 9.17) is 0 Å². The van der Waals surface area contributed by atoms with E-state index in [1.807, 2.05) is 0 Å². The van der Waals surface area contributed by atoms with Crippen molar-refractivity contribution < 1.29 is 19.2 Å². The maximum atomic E-state index is 11.2. The summed E-state index contributed by atoms with van der Waals surface area (Å²) < 4.78 is 0. The van der Waals surface area contributed by atoms with Crippen LogP contribution in [0, 0.1) is 0 Å². The second-order valence-corrected chi connectivity index (χ2v) is 2.65. The minimum Gasteiger partial charge on any atom is -0.331 e. The third-order valence-corrected chi connectivity index (χ3v) is 1.67. The molecule has 0 saturated carbocycles. The largest absolute Gasteiger partial charge is 0.331 e. The van der Waals surface area contributed by atoms with E-state index in [2.05, 4.69) is 10.2 Å². The van der Waals surface area contributed by atoms with Crippen molar-refractivity contribution in [3.05, 3.63) is 0 Å². The highest BCUT2D eigenvalue weighted by molar-refractivity contribution is 6.05. The molecule has 1 saturated heterocycles. The maximum Gasteiger partial charge on any atom is 0.330 e. The highest BCUT2D eigenvalue weighted by Gasteiger charge is 2.40. The van der Waals surface area contributed by atoms with Crippen molar-refractivity contribution >= 4 is 17.8 Å². The summed E-state index contributed by atoms with van der Waals surface area (Å²) in [7, 11) is 1.56. The van der Waals surface area contributed by atoms with Crippen LogP contribution < -0.4 is 5.32 Å². The first-order valence-electron chi connectivity index (χ1n) is 3.79. The predicted molar refractivity (Wildman–Crippen MR) is 41.1 cm³/mol. The second-order valence-electron chi connectivity index (χ2n) is 2.65. The van der Waals surface area contributed by atoms with Gasteiger partial charge in [-0.1, -0.05) is 0 Å². The molecule has 0 aliphatic carbocycles. The molecule has 0 bridgehead atoms. The monoisotopic (exact) mass is 186 g/mol. The van der Waals surface area contributed by atoms with Crippen molar-refractivity contribution in [3.63, 3.8) is 0 Å². The lowest BCUT2D eigenvalue weighted by molar-refractivity contribution is -0.196. The van der Waals surface area contributed by atoms with Gasteiger partial charge in [0.25, 0.3) is 11.8 Å². The average molecular weight is 186 g/mol. The van der Waals surface area contributed by atoms with Crippen LogP contribution in [0.15, 0.2) is 0 Å². The number of carbonyl (C=O) groups excluding carboxylic acids is 3. The Labute approximate surface area is 74.8 Å². The summed E-state index contributed by atoms with van der Waals surface area (Å²) in [6.07, 6.45) is 0.0304. The average Bonchev–Trinajstić information content (AvgIpc) is 2.31. The molecule has 0 aromatic carbocycles. The summed E-state index contributed by atoms with van der Waals surface area (Å²) >= 11 is 0. The lowest BCUT2D eigenvalue weighted by Crippen LogP contribution is -2.37. The third-order valence-electron chi connectivity index (χ3n) is 1.67. The molecule has 0 radical (unpaired) electrons. The van der Waals surface area contributed by atoms with Gasteiger partial charge in [-0.2, -0.15) is 0 Å². The van der Waals surface area contributed by atoms with E-state index in [1.165, 1.54) is 0 Å². The SMILES string of the molecule is CNC1CC(=O)N(OC(C)=O)C1=O. The molecule has 1 aliphatic heterocycles. The van der Waals surface area contributed by atoms with E-state index in [9.17, 15) is 14.4 Å². The fourth-order valence-corrected chi connectivity index (χ4v) is 1.06.